The van der Waals surface area contributed by atoms with Crippen LogP contribution in [-0.2, 0) is 4.79 Å². The fourth-order valence-corrected chi connectivity index (χ4v) is 1.94. The number of hydrogen-bond acceptors (Lipinski definition) is 3. The van der Waals surface area contributed by atoms with E-state index in [2.05, 4.69) is 4.99 Å². The highest BCUT2D eigenvalue weighted by Gasteiger charge is 2.04. The molecule has 86 valence electrons. The Morgan fingerprint density at radius 3 is 2.56 bits per heavy atom. The fourth-order valence-electron chi connectivity index (χ4n) is 1.94. The number of hydrogen-bond donors (Lipinski definition) is 0. The molecule has 0 N–H and O–H groups in total. The second-order valence-electron chi connectivity index (χ2n) is 3.91. The van der Waals surface area contributed by atoms with Crippen LogP contribution in [0, 0.1) is 0 Å². The smallest absolute Gasteiger partial charge is 0.243 e. The molecule has 0 bridgehead atoms. The number of fused-ring (bicyclic) bond motifs is 1. The van der Waals surface area contributed by atoms with Crippen LogP contribution >= 0.6 is 0 Å². The SMILES string of the molecule is O=C=Nc1cc2cc(-c3ccccc3)ccc2o1. The molecule has 3 rings (SSSR count). The molecule has 0 atom stereocenters. The molecule has 3 nitrogen and oxygen atoms in total. The van der Waals surface area contributed by atoms with E-state index in [0.717, 1.165) is 16.5 Å². The molecular weight excluding hydrogens is 226 g/mol. The zero-order valence-electron chi connectivity index (χ0n) is 9.46. The van der Waals surface area contributed by atoms with Gasteiger partial charge in [0.05, 0.1) is 0 Å². The molecule has 0 unspecified atom stereocenters. The van der Waals surface area contributed by atoms with Crippen molar-refractivity contribution in [3.63, 3.8) is 0 Å². The van der Waals surface area contributed by atoms with Gasteiger partial charge >= 0.3 is 0 Å². The van der Waals surface area contributed by atoms with Crippen LogP contribution in [0.25, 0.3) is 22.1 Å². The van der Waals surface area contributed by atoms with E-state index in [1.165, 1.54) is 6.08 Å². The Kier molecular flexibility index (Phi) is 2.52. The van der Waals surface area contributed by atoms with E-state index in [1.54, 1.807) is 6.07 Å². The van der Waals surface area contributed by atoms with Crippen LogP contribution in [-0.4, -0.2) is 6.08 Å². The molecule has 0 radical (unpaired) electrons. The maximum atomic E-state index is 10.2. The minimum absolute atomic E-state index is 0.283. The van der Waals surface area contributed by atoms with Gasteiger partial charge in [0.25, 0.3) is 0 Å². The highest BCUT2D eigenvalue weighted by molar-refractivity contribution is 5.85. The van der Waals surface area contributed by atoms with Gasteiger partial charge in [-0.25, -0.2) is 4.79 Å². The van der Waals surface area contributed by atoms with Gasteiger partial charge in [0.2, 0.25) is 12.0 Å². The summed E-state index contributed by atoms with van der Waals surface area (Å²) in [5.74, 6) is 0.283. The average molecular weight is 235 g/mol. The summed E-state index contributed by atoms with van der Waals surface area (Å²) >= 11 is 0. The molecule has 1 heterocycles. The number of carbonyl (C=O) groups excluding carboxylic acids is 1. The zero-order chi connectivity index (χ0) is 12.4. The summed E-state index contributed by atoms with van der Waals surface area (Å²) in [7, 11) is 0. The molecule has 3 aromatic rings. The van der Waals surface area contributed by atoms with Crippen molar-refractivity contribution in [2.24, 2.45) is 4.99 Å². The van der Waals surface area contributed by atoms with Crippen molar-refractivity contribution >= 4 is 22.9 Å². The Balaban J connectivity index is 2.14. The third-order valence-corrected chi connectivity index (χ3v) is 2.77. The van der Waals surface area contributed by atoms with Gasteiger partial charge in [-0.05, 0) is 23.3 Å². The first kappa shape index (κ1) is 10.5. The van der Waals surface area contributed by atoms with Crippen molar-refractivity contribution in [2.45, 2.75) is 0 Å². The third-order valence-electron chi connectivity index (χ3n) is 2.77. The molecule has 2 aromatic carbocycles. The van der Waals surface area contributed by atoms with Crippen LogP contribution in [0.1, 0.15) is 0 Å². The first-order valence-corrected chi connectivity index (χ1v) is 5.54. The molecule has 1 aromatic heterocycles. The van der Waals surface area contributed by atoms with Crippen LogP contribution in [0.3, 0.4) is 0 Å². The van der Waals surface area contributed by atoms with Crippen molar-refractivity contribution in [1.82, 2.24) is 0 Å². The quantitative estimate of drug-likeness (QED) is 0.496. The van der Waals surface area contributed by atoms with Gasteiger partial charge in [-0.2, -0.15) is 0 Å². The van der Waals surface area contributed by atoms with E-state index in [1.807, 2.05) is 48.5 Å². The fraction of sp³-hybridized carbons (Fsp3) is 0. The van der Waals surface area contributed by atoms with E-state index in [9.17, 15) is 4.79 Å². The molecule has 0 amide bonds. The molecular formula is C15H9NO2. The second kappa shape index (κ2) is 4.32. The van der Waals surface area contributed by atoms with Gasteiger partial charge in [-0.3, -0.25) is 0 Å². The van der Waals surface area contributed by atoms with E-state index in [4.69, 9.17) is 4.42 Å². The number of furan rings is 1. The summed E-state index contributed by atoms with van der Waals surface area (Å²) in [4.78, 5) is 13.7. The summed E-state index contributed by atoms with van der Waals surface area (Å²) < 4.78 is 5.37. The van der Waals surface area contributed by atoms with Crippen LogP contribution in [0.2, 0.25) is 0 Å². The van der Waals surface area contributed by atoms with Gasteiger partial charge < -0.3 is 4.42 Å². The second-order valence-corrected chi connectivity index (χ2v) is 3.91. The Morgan fingerprint density at radius 1 is 0.944 bits per heavy atom. The lowest BCUT2D eigenvalue weighted by Crippen LogP contribution is -1.75. The molecule has 0 spiro atoms. The van der Waals surface area contributed by atoms with Crippen LogP contribution in [0.4, 0.5) is 5.88 Å². The van der Waals surface area contributed by atoms with Crippen LogP contribution < -0.4 is 0 Å². The van der Waals surface area contributed by atoms with Gasteiger partial charge in [-0.1, -0.05) is 36.4 Å². The minimum Gasteiger partial charge on any atom is -0.438 e. The molecule has 18 heavy (non-hydrogen) atoms. The van der Waals surface area contributed by atoms with Crippen molar-refractivity contribution in [3.05, 3.63) is 54.6 Å². The van der Waals surface area contributed by atoms with Crippen molar-refractivity contribution in [3.8, 4) is 11.1 Å². The molecule has 0 aliphatic carbocycles. The number of aliphatic imine (C=N–C) groups is 1. The maximum Gasteiger partial charge on any atom is 0.243 e. The van der Waals surface area contributed by atoms with E-state index in [-0.39, 0.29) is 5.88 Å². The highest BCUT2D eigenvalue weighted by Crippen LogP contribution is 2.29. The van der Waals surface area contributed by atoms with E-state index >= 15 is 0 Å². The lowest BCUT2D eigenvalue weighted by molar-refractivity contribution is 0.561. The molecule has 0 saturated heterocycles. The maximum absolute atomic E-state index is 10.2. The van der Waals surface area contributed by atoms with Gasteiger partial charge in [0, 0.05) is 11.5 Å². The van der Waals surface area contributed by atoms with Gasteiger partial charge in [0.15, 0.2) is 0 Å². The molecule has 0 aliphatic rings. The highest BCUT2D eigenvalue weighted by atomic mass is 16.3. The lowest BCUT2D eigenvalue weighted by Gasteiger charge is -2.00. The van der Waals surface area contributed by atoms with E-state index < -0.39 is 0 Å². The van der Waals surface area contributed by atoms with Gasteiger partial charge in [0.1, 0.15) is 5.58 Å². The Hall–Kier alpha value is -2.64. The number of nitrogens with zero attached hydrogens (tertiary/aromatic N) is 1. The predicted molar refractivity (Wildman–Crippen MR) is 69.4 cm³/mol. The monoisotopic (exact) mass is 235 g/mol. The Morgan fingerprint density at radius 2 is 1.78 bits per heavy atom. The Labute approximate surface area is 103 Å². The molecule has 0 aliphatic heterocycles. The average Bonchev–Trinajstić information content (AvgIpc) is 2.81. The van der Waals surface area contributed by atoms with E-state index in [0.29, 0.717) is 5.58 Å². The van der Waals surface area contributed by atoms with Crippen LogP contribution in [0.5, 0.6) is 0 Å². The zero-order valence-corrected chi connectivity index (χ0v) is 9.46. The first-order chi connectivity index (χ1) is 8.86. The largest absolute Gasteiger partial charge is 0.438 e. The lowest BCUT2D eigenvalue weighted by atomic mass is 10.0. The number of rotatable bonds is 2. The third kappa shape index (κ3) is 1.83. The van der Waals surface area contributed by atoms with Crippen molar-refractivity contribution < 1.29 is 9.21 Å². The number of isocyanates is 1. The number of benzene rings is 2. The molecule has 3 heteroatoms. The van der Waals surface area contributed by atoms with Crippen molar-refractivity contribution in [1.29, 1.82) is 0 Å². The first-order valence-electron chi connectivity index (χ1n) is 5.54. The summed E-state index contributed by atoms with van der Waals surface area (Å²) in [5.41, 5.74) is 2.95. The topological polar surface area (TPSA) is 42.6 Å². The summed E-state index contributed by atoms with van der Waals surface area (Å²) in [5, 5.41) is 0.922. The Bertz CT molecular complexity index is 738. The normalized spacial score (nSPS) is 10.2. The summed E-state index contributed by atoms with van der Waals surface area (Å²) in [6.07, 6.45) is 1.47. The molecule has 0 fully saturated rings. The molecule has 0 saturated carbocycles. The van der Waals surface area contributed by atoms with Crippen LogP contribution in [0.15, 0.2) is 64.0 Å². The summed E-state index contributed by atoms with van der Waals surface area (Å²) in [6.45, 7) is 0. The standard InChI is InChI=1S/C15H9NO2/c17-10-16-15-9-13-8-12(6-7-14(13)18-15)11-4-2-1-3-5-11/h1-9H. The summed E-state index contributed by atoms with van der Waals surface area (Å²) in [6, 6.07) is 17.7. The van der Waals surface area contributed by atoms with Gasteiger partial charge in [-0.15, -0.1) is 4.99 Å². The predicted octanol–water partition coefficient (Wildman–Crippen LogP) is 4.07. The van der Waals surface area contributed by atoms with Crippen molar-refractivity contribution in [2.75, 3.05) is 0 Å². The minimum atomic E-state index is 0.283.